The summed E-state index contributed by atoms with van der Waals surface area (Å²) >= 11 is 0. The molecule has 4 heteroatoms. The Bertz CT molecular complexity index is 637. The lowest BCUT2D eigenvalue weighted by molar-refractivity contribution is -0.127. The van der Waals surface area contributed by atoms with Crippen LogP contribution >= 0.6 is 0 Å². The number of amides is 1. The molecule has 0 saturated carbocycles. The third kappa shape index (κ3) is 5.33. The second kappa shape index (κ2) is 8.22. The minimum atomic E-state index is -0.545. The molecular weight excluding hydrogens is 290 g/mol. The Labute approximate surface area is 137 Å². The first kappa shape index (κ1) is 16.9. The van der Waals surface area contributed by atoms with E-state index in [9.17, 15) is 4.79 Å². The van der Waals surface area contributed by atoms with Crippen molar-refractivity contribution < 1.29 is 14.3 Å². The lowest BCUT2D eigenvalue weighted by Gasteiger charge is -2.15. The average Bonchev–Trinajstić information content (AvgIpc) is 2.55. The van der Waals surface area contributed by atoms with Crippen LogP contribution < -0.4 is 14.8 Å². The first-order valence-electron chi connectivity index (χ1n) is 7.76. The van der Waals surface area contributed by atoms with Crippen LogP contribution in [0.4, 0.5) is 0 Å². The van der Waals surface area contributed by atoms with E-state index in [0.29, 0.717) is 18.9 Å². The Kier molecular flexibility index (Phi) is 6.03. The van der Waals surface area contributed by atoms with Crippen LogP contribution in [0.3, 0.4) is 0 Å². The molecular formula is C19H23NO3. The third-order valence-corrected chi connectivity index (χ3v) is 3.46. The van der Waals surface area contributed by atoms with Crippen molar-refractivity contribution in [2.24, 2.45) is 0 Å². The predicted molar refractivity (Wildman–Crippen MR) is 91.0 cm³/mol. The van der Waals surface area contributed by atoms with E-state index in [0.717, 1.165) is 16.9 Å². The van der Waals surface area contributed by atoms with E-state index in [4.69, 9.17) is 9.47 Å². The summed E-state index contributed by atoms with van der Waals surface area (Å²) in [6.07, 6.45) is -0.545. The Hall–Kier alpha value is -2.49. The monoisotopic (exact) mass is 313 g/mol. The molecule has 1 atom stereocenters. The van der Waals surface area contributed by atoms with Crippen LogP contribution in [0, 0.1) is 13.8 Å². The van der Waals surface area contributed by atoms with E-state index < -0.39 is 6.10 Å². The number of para-hydroxylation sites is 1. The van der Waals surface area contributed by atoms with Crippen molar-refractivity contribution in [2.45, 2.75) is 26.9 Å². The first-order chi connectivity index (χ1) is 11.1. The minimum absolute atomic E-state index is 0.154. The highest BCUT2D eigenvalue weighted by atomic mass is 16.5. The van der Waals surface area contributed by atoms with Crippen molar-refractivity contribution in [1.82, 2.24) is 5.32 Å². The summed E-state index contributed by atoms with van der Waals surface area (Å²) < 4.78 is 11.3. The first-order valence-corrected chi connectivity index (χ1v) is 7.76. The Morgan fingerprint density at radius 1 is 1.09 bits per heavy atom. The average molecular weight is 313 g/mol. The van der Waals surface area contributed by atoms with Crippen LogP contribution in [-0.2, 0) is 4.79 Å². The van der Waals surface area contributed by atoms with Crippen LogP contribution in [0.5, 0.6) is 11.5 Å². The molecule has 0 spiro atoms. The van der Waals surface area contributed by atoms with Crippen molar-refractivity contribution in [2.75, 3.05) is 13.2 Å². The van der Waals surface area contributed by atoms with Crippen LogP contribution in [0.25, 0.3) is 0 Å². The summed E-state index contributed by atoms with van der Waals surface area (Å²) in [7, 11) is 0. The fraction of sp³-hybridized carbons (Fsp3) is 0.316. The van der Waals surface area contributed by atoms with Gasteiger partial charge in [0, 0.05) is 0 Å². The molecule has 2 rings (SSSR count). The van der Waals surface area contributed by atoms with Gasteiger partial charge in [0.1, 0.15) is 18.1 Å². The van der Waals surface area contributed by atoms with E-state index in [2.05, 4.69) is 5.32 Å². The molecule has 0 aliphatic carbocycles. The highest BCUT2D eigenvalue weighted by Gasteiger charge is 2.13. The topological polar surface area (TPSA) is 47.6 Å². The molecule has 23 heavy (non-hydrogen) atoms. The van der Waals surface area contributed by atoms with Gasteiger partial charge in [0.25, 0.3) is 5.91 Å². The summed E-state index contributed by atoms with van der Waals surface area (Å²) in [5.41, 5.74) is 2.23. The van der Waals surface area contributed by atoms with E-state index in [1.807, 2.05) is 62.4 Å². The maximum Gasteiger partial charge on any atom is 0.260 e. The zero-order valence-corrected chi connectivity index (χ0v) is 13.8. The van der Waals surface area contributed by atoms with E-state index >= 15 is 0 Å². The van der Waals surface area contributed by atoms with Crippen LogP contribution in [0.2, 0.25) is 0 Å². The zero-order valence-electron chi connectivity index (χ0n) is 13.8. The van der Waals surface area contributed by atoms with Crippen molar-refractivity contribution in [3.05, 3.63) is 59.7 Å². The molecule has 1 amide bonds. The zero-order chi connectivity index (χ0) is 16.7. The third-order valence-electron chi connectivity index (χ3n) is 3.46. The van der Waals surface area contributed by atoms with Crippen molar-refractivity contribution in [3.63, 3.8) is 0 Å². The molecule has 0 unspecified atom stereocenters. The molecule has 0 heterocycles. The van der Waals surface area contributed by atoms with Crippen LogP contribution in [0.15, 0.2) is 48.5 Å². The number of carbonyl (C=O) groups excluding carboxylic acids is 1. The highest BCUT2D eigenvalue weighted by Crippen LogP contribution is 2.15. The smallest absolute Gasteiger partial charge is 0.260 e. The van der Waals surface area contributed by atoms with Gasteiger partial charge in [-0.3, -0.25) is 4.79 Å². The number of carbonyl (C=O) groups is 1. The molecule has 4 nitrogen and oxygen atoms in total. The van der Waals surface area contributed by atoms with Gasteiger partial charge in [-0.15, -0.1) is 0 Å². The largest absolute Gasteiger partial charge is 0.491 e. The Morgan fingerprint density at radius 3 is 2.48 bits per heavy atom. The molecule has 0 aromatic heterocycles. The molecule has 0 radical (unpaired) electrons. The fourth-order valence-corrected chi connectivity index (χ4v) is 2.07. The normalized spacial score (nSPS) is 11.6. The molecule has 0 fully saturated rings. The number of nitrogens with one attached hydrogen (secondary N) is 1. The summed E-state index contributed by atoms with van der Waals surface area (Å²) in [6.45, 7) is 6.60. The van der Waals surface area contributed by atoms with Gasteiger partial charge in [-0.2, -0.15) is 0 Å². The van der Waals surface area contributed by atoms with Crippen LogP contribution in [0.1, 0.15) is 18.1 Å². The SMILES string of the molecule is Cc1ccc(O[C@@H](C)C(=O)NCCOc2ccccc2C)cc1. The van der Waals surface area contributed by atoms with Gasteiger partial charge in [0.15, 0.2) is 6.10 Å². The van der Waals surface area contributed by atoms with Gasteiger partial charge in [0.2, 0.25) is 0 Å². The van der Waals surface area contributed by atoms with Gasteiger partial charge in [0.05, 0.1) is 6.54 Å². The lowest BCUT2D eigenvalue weighted by atomic mass is 10.2. The summed E-state index contributed by atoms with van der Waals surface area (Å²) in [6, 6.07) is 15.4. The number of rotatable bonds is 7. The highest BCUT2D eigenvalue weighted by molar-refractivity contribution is 5.80. The number of aryl methyl sites for hydroxylation is 2. The standard InChI is InChI=1S/C19H23NO3/c1-14-8-10-17(11-9-14)23-16(3)19(21)20-12-13-22-18-7-5-4-6-15(18)2/h4-11,16H,12-13H2,1-3H3,(H,20,21)/t16-/m0/s1. The van der Waals surface area contributed by atoms with E-state index in [1.165, 1.54) is 0 Å². The molecule has 0 saturated heterocycles. The quantitative estimate of drug-likeness (QED) is 0.798. The van der Waals surface area contributed by atoms with E-state index in [1.54, 1.807) is 6.92 Å². The molecule has 2 aromatic rings. The number of benzene rings is 2. The Morgan fingerprint density at radius 2 is 1.78 bits per heavy atom. The second-order valence-electron chi connectivity index (χ2n) is 5.48. The predicted octanol–water partition coefficient (Wildman–Crippen LogP) is 3.27. The number of hydrogen-bond acceptors (Lipinski definition) is 3. The summed E-state index contributed by atoms with van der Waals surface area (Å²) in [5, 5.41) is 2.81. The minimum Gasteiger partial charge on any atom is -0.491 e. The number of ether oxygens (including phenoxy) is 2. The van der Waals surface area contributed by atoms with Crippen molar-refractivity contribution in [3.8, 4) is 11.5 Å². The van der Waals surface area contributed by atoms with Gasteiger partial charge in [-0.05, 0) is 44.5 Å². The summed E-state index contributed by atoms with van der Waals surface area (Å²) in [5.74, 6) is 1.37. The molecule has 0 aliphatic heterocycles. The fourth-order valence-electron chi connectivity index (χ4n) is 2.07. The molecule has 122 valence electrons. The van der Waals surface area contributed by atoms with Crippen molar-refractivity contribution >= 4 is 5.91 Å². The molecule has 0 aliphatic rings. The summed E-state index contributed by atoms with van der Waals surface area (Å²) in [4.78, 5) is 12.0. The molecule has 2 aromatic carbocycles. The maximum atomic E-state index is 12.0. The van der Waals surface area contributed by atoms with Gasteiger partial charge < -0.3 is 14.8 Å². The van der Waals surface area contributed by atoms with Gasteiger partial charge in [-0.1, -0.05) is 35.9 Å². The lowest BCUT2D eigenvalue weighted by Crippen LogP contribution is -2.38. The number of hydrogen-bond donors (Lipinski definition) is 1. The molecule has 1 N–H and O–H groups in total. The maximum absolute atomic E-state index is 12.0. The molecule has 0 bridgehead atoms. The van der Waals surface area contributed by atoms with Crippen molar-refractivity contribution in [1.29, 1.82) is 0 Å². The van der Waals surface area contributed by atoms with Gasteiger partial charge >= 0.3 is 0 Å². The Balaban J connectivity index is 1.72. The van der Waals surface area contributed by atoms with Gasteiger partial charge in [-0.25, -0.2) is 0 Å². The van der Waals surface area contributed by atoms with E-state index in [-0.39, 0.29) is 5.91 Å². The second-order valence-corrected chi connectivity index (χ2v) is 5.48. The van der Waals surface area contributed by atoms with Crippen LogP contribution in [-0.4, -0.2) is 25.2 Å².